The molecule has 0 spiro atoms. The molecule has 1 unspecified atom stereocenters. The number of hydrogen-bond donors (Lipinski definition) is 0. The molecule has 1 aromatic carbocycles. The molecule has 0 aliphatic heterocycles. The summed E-state index contributed by atoms with van der Waals surface area (Å²) in [6.07, 6.45) is 2.12. The molecule has 2 nitrogen and oxygen atoms in total. The van der Waals surface area contributed by atoms with Crippen molar-refractivity contribution in [2.75, 3.05) is 0 Å². The van der Waals surface area contributed by atoms with E-state index in [0.29, 0.717) is 5.92 Å². The second kappa shape index (κ2) is 6.98. The predicted octanol–water partition coefficient (Wildman–Crippen LogP) is -1.82. The van der Waals surface area contributed by atoms with Gasteiger partial charge in [-0.15, -0.1) is 0 Å². The van der Waals surface area contributed by atoms with Gasteiger partial charge in [-0.3, -0.25) is 0 Å². The Hall–Kier alpha value is -0.497. The number of fused-ring (bicyclic) bond motifs is 1. The SMILES string of the molecule is CC1=CC(c2cc3ccccc3o2)=[C]([Zr+2]=[O])C1C.[Cl-].[Cl-]. The van der Waals surface area contributed by atoms with Crippen LogP contribution in [0.5, 0.6) is 0 Å². The maximum Gasteiger partial charge on any atom is -1.00 e. The van der Waals surface area contributed by atoms with Crippen LogP contribution in [-0.2, 0) is 26.1 Å². The first-order valence-electron chi connectivity index (χ1n) is 6.00. The second-order valence-electron chi connectivity index (χ2n) is 4.69. The number of benzene rings is 1. The van der Waals surface area contributed by atoms with E-state index < -0.39 is 23.2 Å². The molecule has 0 radical (unpaired) electrons. The molecule has 5 heteroatoms. The van der Waals surface area contributed by atoms with Crippen LogP contribution in [0.15, 0.2) is 49.7 Å². The molecular weight excluding hydrogens is 374 g/mol. The third-order valence-corrected chi connectivity index (χ3v) is 5.85. The first-order valence-corrected chi connectivity index (χ1v) is 8.23. The molecule has 0 bridgehead atoms. The van der Waals surface area contributed by atoms with Gasteiger partial charge in [-0.1, -0.05) is 0 Å². The molecule has 0 N–H and O–H groups in total. The van der Waals surface area contributed by atoms with Crippen molar-refractivity contribution in [3.05, 3.63) is 51.0 Å². The summed E-state index contributed by atoms with van der Waals surface area (Å²) in [7, 11) is 0. The molecule has 1 aromatic heterocycles. The van der Waals surface area contributed by atoms with Crippen molar-refractivity contribution < 1.29 is 55.3 Å². The summed E-state index contributed by atoms with van der Waals surface area (Å²) >= 11 is -1.67. The van der Waals surface area contributed by atoms with Gasteiger partial charge in [-0.2, -0.15) is 0 Å². The molecule has 0 fully saturated rings. The average molecular weight is 387 g/mol. The van der Waals surface area contributed by atoms with Crippen molar-refractivity contribution in [3.8, 4) is 0 Å². The van der Waals surface area contributed by atoms with Gasteiger partial charge in [-0.05, 0) is 0 Å². The summed E-state index contributed by atoms with van der Waals surface area (Å²) in [6, 6.07) is 10.0. The topological polar surface area (TPSA) is 30.2 Å². The zero-order chi connectivity index (χ0) is 12.7. The number of halogens is 2. The zero-order valence-electron chi connectivity index (χ0n) is 11.1. The van der Waals surface area contributed by atoms with E-state index in [1.54, 1.807) is 0 Å². The Balaban J connectivity index is 0.000001000. The average Bonchev–Trinajstić information content (AvgIpc) is 2.91. The van der Waals surface area contributed by atoms with Crippen LogP contribution in [0.2, 0.25) is 0 Å². The van der Waals surface area contributed by atoms with E-state index in [1.165, 1.54) is 5.57 Å². The standard InChI is InChI=1S/C15H13O.2ClH.O.Zr/c1-10-7-13(8-11(10)2)15-9-12-5-3-4-6-14(12)16-15;;;;/h3-7,9,11H,1-2H3;2*1H;;/q;;;;+2/p-2. The minimum atomic E-state index is -1.67. The van der Waals surface area contributed by atoms with E-state index in [2.05, 4.69) is 19.9 Å². The van der Waals surface area contributed by atoms with Crippen LogP contribution in [-0.4, -0.2) is 0 Å². The Labute approximate surface area is 142 Å². The van der Waals surface area contributed by atoms with E-state index >= 15 is 0 Å². The van der Waals surface area contributed by atoms with Gasteiger partial charge in [0.15, 0.2) is 0 Å². The molecule has 2 aromatic rings. The van der Waals surface area contributed by atoms with E-state index in [0.717, 1.165) is 25.6 Å². The molecule has 0 amide bonds. The molecular formula is C15H13Cl2O2Zr. The molecule has 1 atom stereocenters. The van der Waals surface area contributed by atoms with Gasteiger partial charge in [0.05, 0.1) is 0 Å². The quantitative estimate of drug-likeness (QED) is 0.608. The Morgan fingerprint density at radius 2 is 1.90 bits per heavy atom. The van der Waals surface area contributed by atoms with Crippen LogP contribution in [0.1, 0.15) is 19.6 Å². The smallest absolute Gasteiger partial charge is 1.00 e. The van der Waals surface area contributed by atoms with Crippen molar-refractivity contribution in [1.82, 2.24) is 0 Å². The summed E-state index contributed by atoms with van der Waals surface area (Å²) < 4.78 is 18.5. The third-order valence-electron chi connectivity index (χ3n) is 3.58. The number of para-hydroxylation sites is 1. The van der Waals surface area contributed by atoms with Crippen molar-refractivity contribution in [3.63, 3.8) is 0 Å². The molecule has 1 aliphatic carbocycles. The fourth-order valence-electron chi connectivity index (χ4n) is 2.35. The number of hydrogen-bond acceptors (Lipinski definition) is 2. The molecule has 1 heterocycles. The van der Waals surface area contributed by atoms with Gasteiger partial charge in [0, 0.05) is 0 Å². The van der Waals surface area contributed by atoms with Crippen molar-refractivity contribution in [2.45, 2.75) is 13.8 Å². The number of furan rings is 1. The van der Waals surface area contributed by atoms with Gasteiger partial charge >= 0.3 is 118 Å². The summed E-state index contributed by atoms with van der Waals surface area (Å²) in [5.74, 6) is 1.17. The molecule has 0 saturated heterocycles. The molecule has 1 aliphatic rings. The maximum absolute atomic E-state index is 11.5. The molecule has 20 heavy (non-hydrogen) atoms. The summed E-state index contributed by atoms with van der Waals surface area (Å²) in [6.45, 7) is 4.21. The number of allylic oxidation sites excluding steroid dienone is 4. The summed E-state index contributed by atoms with van der Waals surface area (Å²) in [5, 5.41) is 1.10. The Morgan fingerprint density at radius 1 is 1.20 bits per heavy atom. The van der Waals surface area contributed by atoms with Gasteiger partial charge in [0.1, 0.15) is 0 Å². The Bertz CT molecular complexity index is 668. The molecule has 0 saturated carbocycles. The van der Waals surface area contributed by atoms with Gasteiger partial charge < -0.3 is 24.8 Å². The zero-order valence-corrected chi connectivity index (χ0v) is 15.1. The van der Waals surface area contributed by atoms with Crippen molar-refractivity contribution >= 4 is 16.5 Å². The van der Waals surface area contributed by atoms with E-state index in [1.807, 2.05) is 30.3 Å². The van der Waals surface area contributed by atoms with E-state index in [4.69, 9.17) is 4.42 Å². The van der Waals surface area contributed by atoms with Crippen molar-refractivity contribution in [1.29, 1.82) is 0 Å². The predicted molar refractivity (Wildman–Crippen MR) is 66.7 cm³/mol. The van der Waals surface area contributed by atoms with Gasteiger partial charge in [0.25, 0.3) is 0 Å². The van der Waals surface area contributed by atoms with Crippen LogP contribution >= 0.6 is 0 Å². The minimum Gasteiger partial charge on any atom is -1.00 e. The monoisotopic (exact) mass is 385 g/mol. The summed E-state index contributed by atoms with van der Waals surface area (Å²) in [4.78, 5) is 0. The fourth-order valence-corrected chi connectivity index (χ4v) is 4.10. The Morgan fingerprint density at radius 3 is 2.55 bits per heavy atom. The van der Waals surface area contributed by atoms with E-state index in [9.17, 15) is 2.81 Å². The number of rotatable bonds is 2. The maximum atomic E-state index is 11.5. The van der Waals surface area contributed by atoms with Crippen LogP contribution in [0, 0.1) is 5.92 Å². The normalized spacial score (nSPS) is 17.3. The molecule has 103 valence electrons. The fraction of sp³-hybridized carbons (Fsp3) is 0.200. The summed E-state index contributed by atoms with van der Waals surface area (Å²) in [5.41, 5.74) is 3.22. The minimum absolute atomic E-state index is 0. The van der Waals surface area contributed by atoms with Crippen LogP contribution in [0.4, 0.5) is 0 Å². The van der Waals surface area contributed by atoms with E-state index in [-0.39, 0.29) is 24.8 Å². The first-order chi connectivity index (χ1) is 8.70. The van der Waals surface area contributed by atoms with Crippen molar-refractivity contribution in [2.24, 2.45) is 5.92 Å². The third kappa shape index (κ3) is 2.91. The largest absolute Gasteiger partial charge is 1.00 e. The first kappa shape index (κ1) is 17.6. The second-order valence-corrected chi connectivity index (χ2v) is 6.51. The van der Waals surface area contributed by atoms with Gasteiger partial charge in [-0.25, -0.2) is 0 Å². The molecule has 3 rings (SSSR count). The van der Waals surface area contributed by atoms with Crippen LogP contribution < -0.4 is 24.8 Å². The van der Waals surface area contributed by atoms with Gasteiger partial charge in [0.2, 0.25) is 0 Å². The van der Waals surface area contributed by atoms with Crippen LogP contribution in [0.3, 0.4) is 0 Å². The Kier molecular flexibility index (Phi) is 6.12. The van der Waals surface area contributed by atoms with Crippen LogP contribution in [0.25, 0.3) is 16.5 Å².